The maximum absolute atomic E-state index is 3.95. The Labute approximate surface area is 137 Å². The molecule has 0 aliphatic heterocycles. The van der Waals surface area contributed by atoms with Crippen LogP contribution < -0.4 is 0 Å². The molecule has 1 aliphatic rings. The summed E-state index contributed by atoms with van der Waals surface area (Å²) >= 11 is 0. The van der Waals surface area contributed by atoms with E-state index in [1.165, 1.54) is 38.7 Å². The first kappa shape index (κ1) is 14.1. The number of benzene rings is 2. The molecule has 0 fully saturated rings. The summed E-state index contributed by atoms with van der Waals surface area (Å²) < 4.78 is 0. The second kappa shape index (κ2) is 4.73. The molecule has 4 rings (SSSR count). The topological polar surface area (TPSA) is 15.8 Å². The van der Waals surface area contributed by atoms with E-state index < -0.39 is 0 Å². The number of hydrogen-bond donors (Lipinski definition) is 1. The summed E-state index contributed by atoms with van der Waals surface area (Å²) in [5.74, 6) is 0. The summed E-state index contributed by atoms with van der Waals surface area (Å²) in [6, 6.07) is 13.4. The lowest BCUT2D eigenvalue weighted by molar-refractivity contribution is 0.661. The molecule has 1 aromatic heterocycles. The standard InChI is InChI=1S/C22H21N/c1-5-9-15-17-12-19-16(13-21(17)23-20(15)6-2)14-10-7-8-11-18(14)22(19,3)4/h5-13,23H,2H2,1,3-4H3/b9-5-. The smallest absolute Gasteiger partial charge is 0.0471 e. The van der Waals surface area contributed by atoms with Gasteiger partial charge in [0.2, 0.25) is 0 Å². The molecular weight excluding hydrogens is 278 g/mol. The lowest BCUT2D eigenvalue weighted by Crippen LogP contribution is -2.14. The lowest BCUT2D eigenvalue weighted by atomic mass is 9.82. The zero-order chi connectivity index (χ0) is 16.2. The first-order valence-corrected chi connectivity index (χ1v) is 8.13. The van der Waals surface area contributed by atoms with E-state index in [0.29, 0.717) is 0 Å². The monoisotopic (exact) mass is 299 g/mol. The molecule has 0 spiro atoms. The molecule has 1 nitrogen and oxygen atoms in total. The highest BCUT2D eigenvalue weighted by molar-refractivity contribution is 5.98. The largest absolute Gasteiger partial charge is 0.355 e. The molecule has 0 saturated carbocycles. The Morgan fingerprint density at radius 3 is 2.57 bits per heavy atom. The zero-order valence-corrected chi connectivity index (χ0v) is 13.9. The van der Waals surface area contributed by atoms with Gasteiger partial charge in [-0.2, -0.15) is 0 Å². The predicted molar refractivity (Wildman–Crippen MR) is 101 cm³/mol. The Kier molecular flexibility index (Phi) is 2.89. The van der Waals surface area contributed by atoms with Crippen molar-refractivity contribution in [1.29, 1.82) is 0 Å². The van der Waals surface area contributed by atoms with Crippen molar-refractivity contribution in [3.8, 4) is 11.1 Å². The van der Waals surface area contributed by atoms with Gasteiger partial charge in [0.05, 0.1) is 0 Å². The maximum atomic E-state index is 3.95. The molecule has 114 valence electrons. The first-order chi connectivity index (χ1) is 11.1. The highest BCUT2D eigenvalue weighted by Crippen LogP contribution is 2.50. The van der Waals surface area contributed by atoms with Crippen LogP contribution in [0.3, 0.4) is 0 Å². The molecule has 0 bridgehead atoms. The van der Waals surface area contributed by atoms with Crippen LogP contribution in [0.2, 0.25) is 0 Å². The van der Waals surface area contributed by atoms with Gasteiger partial charge in [-0.05, 0) is 47.4 Å². The SMILES string of the molecule is C=Cc1[nH]c2cc3c(cc2c1/C=C\C)C(C)(C)c1ccccc1-3. The van der Waals surface area contributed by atoms with Gasteiger partial charge in [-0.15, -0.1) is 0 Å². The average molecular weight is 299 g/mol. The van der Waals surface area contributed by atoms with E-state index in [0.717, 1.165) is 5.69 Å². The van der Waals surface area contributed by atoms with Crippen molar-refractivity contribution in [3.63, 3.8) is 0 Å². The van der Waals surface area contributed by atoms with Crippen LogP contribution in [-0.4, -0.2) is 4.98 Å². The third kappa shape index (κ3) is 1.80. The minimum atomic E-state index is 0.0406. The van der Waals surface area contributed by atoms with E-state index in [1.807, 2.05) is 6.08 Å². The fraction of sp³-hybridized carbons (Fsp3) is 0.182. The van der Waals surface area contributed by atoms with E-state index in [2.05, 4.69) is 80.9 Å². The molecule has 0 amide bonds. The van der Waals surface area contributed by atoms with Gasteiger partial charge in [-0.3, -0.25) is 0 Å². The van der Waals surface area contributed by atoms with Gasteiger partial charge in [0, 0.05) is 27.6 Å². The van der Waals surface area contributed by atoms with Gasteiger partial charge < -0.3 is 4.98 Å². The molecule has 0 radical (unpaired) electrons. The molecule has 3 aromatic rings. The first-order valence-electron chi connectivity index (χ1n) is 8.13. The van der Waals surface area contributed by atoms with Crippen LogP contribution in [0.4, 0.5) is 0 Å². The van der Waals surface area contributed by atoms with Gasteiger partial charge in [-0.1, -0.05) is 56.8 Å². The van der Waals surface area contributed by atoms with E-state index in [9.17, 15) is 0 Å². The minimum absolute atomic E-state index is 0.0406. The molecular formula is C22H21N. The number of H-pyrrole nitrogens is 1. The van der Waals surface area contributed by atoms with Crippen molar-refractivity contribution < 1.29 is 0 Å². The number of nitrogens with one attached hydrogen (secondary N) is 1. The highest BCUT2D eigenvalue weighted by atomic mass is 14.7. The molecule has 1 N–H and O–H groups in total. The molecule has 1 aliphatic carbocycles. The van der Waals surface area contributed by atoms with E-state index in [4.69, 9.17) is 0 Å². The van der Waals surface area contributed by atoms with Crippen LogP contribution in [0.25, 0.3) is 34.2 Å². The fourth-order valence-corrected chi connectivity index (χ4v) is 3.94. The van der Waals surface area contributed by atoms with Crippen molar-refractivity contribution in [1.82, 2.24) is 4.98 Å². The predicted octanol–water partition coefficient (Wildman–Crippen LogP) is 6.15. The number of rotatable bonds is 2. The number of allylic oxidation sites excluding steroid dienone is 1. The fourth-order valence-electron chi connectivity index (χ4n) is 3.94. The second-order valence-corrected chi connectivity index (χ2v) is 6.77. The van der Waals surface area contributed by atoms with Crippen molar-refractivity contribution in [2.45, 2.75) is 26.2 Å². The summed E-state index contributed by atoms with van der Waals surface area (Å²) in [4.78, 5) is 3.52. The highest BCUT2D eigenvalue weighted by Gasteiger charge is 2.35. The van der Waals surface area contributed by atoms with Crippen molar-refractivity contribution in [3.05, 3.63) is 71.4 Å². The van der Waals surface area contributed by atoms with Crippen LogP contribution in [0, 0.1) is 0 Å². The van der Waals surface area contributed by atoms with Crippen molar-refractivity contribution in [2.75, 3.05) is 0 Å². The van der Waals surface area contributed by atoms with Crippen LogP contribution in [0.5, 0.6) is 0 Å². The summed E-state index contributed by atoms with van der Waals surface area (Å²) in [5.41, 5.74) is 9.07. The van der Waals surface area contributed by atoms with Gasteiger partial charge in [0.25, 0.3) is 0 Å². The molecule has 0 saturated heterocycles. The summed E-state index contributed by atoms with van der Waals surface area (Å²) in [6.07, 6.45) is 6.15. The molecule has 2 aromatic carbocycles. The summed E-state index contributed by atoms with van der Waals surface area (Å²) in [6.45, 7) is 10.6. The number of aromatic nitrogens is 1. The van der Waals surface area contributed by atoms with Gasteiger partial charge in [0.1, 0.15) is 0 Å². The van der Waals surface area contributed by atoms with Crippen LogP contribution in [0.15, 0.2) is 49.1 Å². The summed E-state index contributed by atoms with van der Waals surface area (Å²) in [5, 5.41) is 1.28. The Hall–Kier alpha value is -2.54. The number of aromatic amines is 1. The van der Waals surface area contributed by atoms with Gasteiger partial charge in [-0.25, -0.2) is 0 Å². The van der Waals surface area contributed by atoms with E-state index in [-0.39, 0.29) is 5.41 Å². The Bertz CT molecular complexity index is 967. The molecule has 1 heterocycles. The minimum Gasteiger partial charge on any atom is -0.355 e. The normalized spacial score (nSPS) is 15.1. The third-order valence-electron chi connectivity index (χ3n) is 5.11. The van der Waals surface area contributed by atoms with E-state index >= 15 is 0 Å². The average Bonchev–Trinajstić information content (AvgIpc) is 3.01. The Morgan fingerprint density at radius 1 is 1.04 bits per heavy atom. The van der Waals surface area contributed by atoms with E-state index in [1.54, 1.807) is 0 Å². The molecule has 1 heteroatoms. The van der Waals surface area contributed by atoms with Gasteiger partial charge >= 0.3 is 0 Å². The summed E-state index contributed by atoms with van der Waals surface area (Å²) in [7, 11) is 0. The maximum Gasteiger partial charge on any atom is 0.0471 e. The second-order valence-electron chi connectivity index (χ2n) is 6.77. The zero-order valence-electron chi connectivity index (χ0n) is 13.9. The van der Waals surface area contributed by atoms with Crippen LogP contribution in [0.1, 0.15) is 43.2 Å². The van der Waals surface area contributed by atoms with Crippen molar-refractivity contribution in [2.24, 2.45) is 0 Å². The van der Waals surface area contributed by atoms with Crippen molar-refractivity contribution >= 4 is 23.1 Å². The Morgan fingerprint density at radius 2 is 1.83 bits per heavy atom. The number of hydrogen-bond acceptors (Lipinski definition) is 0. The number of fused-ring (bicyclic) bond motifs is 4. The Balaban J connectivity index is 2.10. The molecule has 0 unspecified atom stereocenters. The third-order valence-corrected chi connectivity index (χ3v) is 5.11. The molecule has 0 atom stereocenters. The van der Waals surface area contributed by atoms with Gasteiger partial charge in [0.15, 0.2) is 0 Å². The van der Waals surface area contributed by atoms with Crippen LogP contribution >= 0.6 is 0 Å². The quantitative estimate of drug-likeness (QED) is 0.584. The van der Waals surface area contributed by atoms with Crippen LogP contribution in [-0.2, 0) is 5.41 Å². The molecule has 23 heavy (non-hydrogen) atoms. The lowest BCUT2D eigenvalue weighted by Gasteiger charge is -2.21.